The Morgan fingerprint density at radius 2 is 2.22 bits per heavy atom. The number of nitrogens with two attached hydrogens (primary N) is 1. The van der Waals surface area contributed by atoms with Crippen molar-refractivity contribution in [1.29, 1.82) is 0 Å². The molecular weight excluding hydrogens is 320 g/mol. The van der Waals surface area contributed by atoms with Crippen LogP contribution in [0.25, 0.3) is 0 Å². The number of amides is 1. The van der Waals surface area contributed by atoms with Gasteiger partial charge in [-0.15, -0.1) is 12.4 Å². The largest absolute Gasteiger partial charge is 0.496 e. The molecule has 1 amide bonds. The zero-order chi connectivity index (χ0) is 12.8. The van der Waals surface area contributed by atoms with Crippen LogP contribution in [-0.2, 0) is 0 Å². The van der Waals surface area contributed by atoms with Gasteiger partial charge in [0.15, 0.2) is 0 Å². The van der Waals surface area contributed by atoms with E-state index < -0.39 is 0 Å². The normalized spacial score (nSPS) is 11.3. The van der Waals surface area contributed by atoms with E-state index in [0.717, 1.165) is 4.47 Å². The number of carbonyl (C=O) groups excluding carboxylic acids is 1. The number of carbonyl (C=O) groups is 1. The van der Waals surface area contributed by atoms with Crippen molar-refractivity contribution in [2.24, 2.45) is 11.7 Å². The molecule has 0 aliphatic heterocycles. The molecule has 3 N–H and O–H groups in total. The molecule has 1 aromatic carbocycles. The summed E-state index contributed by atoms with van der Waals surface area (Å²) in [6.45, 7) is 3.10. The quantitative estimate of drug-likeness (QED) is 0.866. The van der Waals surface area contributed by atoms with Crippen LogP contribution in [0, 0.1) is 5.92 Å². The average Bonchev–Trinajstić information content (AvgIpc) is 2.35. The summed E-state index contributed by atoms with van der Waals surface area (Å²) in [5.41, 5.74) is 6.02. The van der Waals surface area contributed by atoms with E-state index in [4.69, 9.17) is 10.5 Å². The third-order valence-electron chi connectivity index (χ3n) is 2.42. The van der Waals surface area contributed by atoms with Crippen molar-refractivity contribution in [3.8, 4) is 5.75 Å². The van der Waals surface area contributed by atoms with Crippen molar-refractivity contribution in [3.63, 3.8) is 0 Å². The van der Waals surface area contributed by atoms with Gasteiger partial charge in [-0.2, -0.15) is 0 Å². The Labute approximate surface area is 122 Å². The number of methoxy groups -OCH3 is 1. The molecule has 4 nitrogen and oxygen atoms in total. The molecule has 18 heavy (non-hydrogen) atoms. The van der Waals surface area contributed by atoms with E-state index in [0.29, 0.717) is 24.4 Å². The molecule has 1 aromatic rings. The van der Waals surface area contributed by atoms with Crippen LogP contribution in [0.2, 0.25) is 0 Å². The monoisotopic (exact) mass is 336 g/mol. The molecule has 6 heteroatoms. The predicted molar refractivity (Wildman–Crippen MR) is 78.5 cm³/mol. The van der Waals surface area contributed by atoms with Gasteiger partial charge in [0.25, 0.3) is 5.91 Å². The molecule has 0 saturated carbocycles. The predicted octanol–water partition coefficient (Wildman–Crippen LogP) is 2.20. The minimum Gasteiger partial charge on any atom is -0.496 e. The lowest BCUT2D eigenvalue weighted by molar-refractivity contribution is 0.0945. The van der Waals surface area contributed by atoms with Crippen LogP contribution in [0.15, 0.2) is 22.7 Å². The lowest BCUT2D eigenvalue weighted by Crippen LogP contribution is -2.31. The van der Waals surface area contributed by atoms with Crippen LogP contribution >= 0.6 is 28.3 Å². The minimum atomic E-state index is -0.144. The van der Waals surface area contributed by atoms with Crippen LogP contribution in [0.3, 0.4) is 0 Å². The van der Waals surface area contributed by atoms with Crippen LogP contribution in [0.1, 0.15) is 17.3 Å². The van der Waals surface area contributed by atoms with Gasteiger partial charge in [0.05, 0.1) is 12.7 Å². The fraction of sp³-hybridized carbons (Fsp3) is 0.417. The summed E-state index contributed by atoms with van der Waals surface area (Å²) in [6, 6.07) is 5.30. The molecule has 0 bridgehead atoms. The highest BCUT2D eigenvalue weighted by Gasteiger charge is 2.12. The smallest absolute Gasteiger partial charge is 0.255 e. The Morgan fingerprint density at radius 3 is 2.78 bits per heavy atom. The summed E-state index contributed by atoms with van der Waals surface area (Å²) in [4.78, 5) is 11.9. The maximum atomic E-state index is 11.9. The van der Waals surface area contributed by atoms with Crippen LogP contribution < -0.4 is 15.8 Å². The van der Waals surface area contributed by atoms with Crippen molar-refractivity contribution < 1.29 is 9.53 Å². The number of benzene rings is 1. The first-order valence-electron chi connectivity index (χ1n) is 5.40. The summed E-state index contributed by atoms with van der Waals surface area (Å²) < 4.78 is 6.04. The van der Waals surface area contributed by atoms with Gasteiger partial charge in [0, 0.05) is 11.0 Å². The summed E-state index contributed by atoms with van der Waals surface area (Å²) in [6.07, 6.45) is 0. The highest BCUT2D eigenvalue weighted by atomic mass is 79.9. The van der Waals surface area contributed by atoms with Crippen LogP contribution in [0.4, 0.5) is 0 Å². The number of ether oxygens (including phenoxy) is 1. The van der Waals surface area contributed by atoms with Gasteiger partial charge in [-0.3, -0.25) is 4.79 Å². The van der Waals surface area contributed by atoms with E-state index in [2.05, 4.69) is 21.2 Å². The van der Waals surface area contributed by atoms with Gasteiger partial charge in [-0.05, 0) is 30.7 Å². The number of hydrogen-bond acceptors (Lipinski definition) is 3. The second kappa shape index (κ2) is 8.34. The molecular formula is C12H18BrClN2O2. The second-order valence-electron chi connectivity index (χ2n) is 3.90. The maximum Gasteiger partial charge on any atom is 0.255 e. The van der Waals surface area contributed by atoms with E-state index in [1.54, 1.807) is 19.2 Å². The van der Waals surface area contributed by atoms with Gasteiger partial charge in [-0.1, -0.05) is 22.9 Å². The zero-order valence-corrected chi connectivity index (χ0v) is 12.8. The van der Waals surface area contributed by atoms with E-state index in [1.165, 1.54) is 0 Å². The van der Waals surface area contributed by atoms with Crippen LogP contribution in [-0.4, -0.2) is 26.1 Å². The maximum absolute atomic E-state index is 11.9. The third kappa shape index (κ3) is 4.84. The summed E-state index contributed by atoms with van der Waals surface area (Å²) in [5.74, 6) is 0.673. The SMILES string of the molecule is COc1cc(Br)ccc1C(=O)NCC(C)CN.Cl. The molecule has 0 radical (unpaired) electrons. The lowest BCUT2D eigenvalue weighted by atomic mass is 10.1. The van der Waals surface area contributed by atoms with Gasteiger partial charge in [-0.25, -0.2) is 0 Å². The van der Waals surface area contributed by atoms with E-state index in [9.17, 15) is 4.79 Å². The van der Waals surface area contributed by atoms with Gasteiger partial charge < -0.3 is 15.8 Å². The summed E-state index contributed by atoms with van der Waals surface area (Å²) in [7, 11) is 1.54. The molecule has 0 aromatic heterocycles. The number of hydrogen-bond donors (Lipinski definition) is 2. The Kier molecular flexibility index (Phi) is 7.98. The number of halogens is 2. The first-order chi connectivity index (χ1) is 8.08. The summed E-state index contributed by atoms with van der Waals surface area (Å²) in [5, 5.41) is 2.83. The fourth-order valence-corrected chi connectivity index (χ4v) is 1.64. The molecule has 1 unspecified atom stereocenters. The molecule has 0 heterocycles. The Balaban J connectivity index is 0.00000289. The molecule has 1 atom stereocenters. The minimum absolute atomic E-state index is 0. The van der Waals surface area contributed by atoms with Gasteiger partial charge in [0.1, 0.15) is 5.75 Å². The Hall–Kier alpha value is -0.780. The summed E-state index contributed by atoms with van der Waals surface area (Å²) >= 11 is 3.33. The molecule has 0 saturated heterocycles. The highest BCUT2D eigenvalue weighted by molar-refractivity contribution is 9.10. The van der Waals surface area contributed by atoms with E-state index in [-0.39, 0.29) is 24.2 Å². The van der Waals surface area contributed by atoms with Gasteiger partial charge in [0.2, 0.25) is 0 Å². The number of rotatable bonds is 5. The fourth-order valence-electron chi connectivity index (χ4n) is 1.30. The zero-order valence-electron chi connectivity index (χ0n) is 10.4. The van der Waals surface area contributed by atoms with Gasteiger partial charge >= 0.3 is 0 Å². The first-order valence-corrected chi connectivity index (χ1v) is 6.19. The van der Waals surface area contributed by atoms with Crippen molar-refractivity contribution in [2.45, 2.75) is 6.92 Å². The van der Waals surface area contributed by atoms with E-state index >= 15 is 0 Å². The highest BCUT2D eigenvalue weighted by Crippen LogP contribution is 2.23. The molecule has 1 rings (SSSR count). The molecule has 102 valence electrons. The second-order valence-corrected chi connectivity index (χ2v) is 4.81. The van der Waals surface area contributed by atoms with E-state index in [1.807, 2.05) is 13.0 Å². The first kappa shape index (κ1) is 17.2. The average molecular weight is 338 g/mol. The Bertz CT molecular complexity index is 402. The molecule has 0 aliphatic rings. The topological polar surface area (TPSA) is 64.3 Å². The van der Waals surface area contributed by atoms with Crippen molar-refractivity contribution in [2.75, 3.05) is 20.2 Å². The molecule has 0 spiro atoms. The number of nitrogens with one attached hydrogen (secondary N) is 1. The third-order valence-corrected chi connectivity index (χ3v) is 2.91. The molecule has 0 fully saturated rings. The van der Waals surface area contributed by atoms with Crippen molar-refractivity contribution >= 4 is 34.2 Å². The lowest BCUT2D eigenvalue weighted by Gasteiger charge is -2.12. The van der Waals surface area contributed by atoms with Crippen molar-refractivity contribution in [1.82, 2.24) is 5.32 Å². The van der Waals surface area contributed by atoms with Crippen LogP contribution in [0.5, 0.6) is 5.75 Å². The van der Waals surface area contributed by atoms with Crippen molar-refractivity contribution in [3.05, 3.63) is 28.2 Å². The standard InChI is InChI=1S/C12H17BrN2O2.ClH/c1-8(6-14)7-15-12(16)10-4-3-9(13)5-11(10)17-2;/h3-5,8H,6-7,14H2,1-2H3,(H,15,16);1H. The molecule has 0 aliphatic carbocycles. The Morgan fingerprint density at radius 1 is 1.56 bits per heavy atom.